The van der Waals surface area contributed by atoms with Crippen molar-refractivity contribution in [3.05, 3.63) is 29.6 Å². The number of ether oxygens (including phenoxy) is 1. The van der Waals surface area contributed by atoms with Crippen molar-refractivity contribution in [3.8, 4) is 5.75 Å². The van der Waals surface area contributed by atoms with Gasteiger partial charge >= 0.3 is 6.61 Å². The summed E-state index contributed by atoms with van der Waals surface area (Å²) in [6, 6.07) is 4.02. The molecule has 0 amide bonds. The van der Waals surface area contributed by atoms with Gasteiger partial charge in [-0.3, -0.25) is 0 Å². The average Bonchev–Trinajstić information content (AvgIpc) is 2.10. The molecule has 0 bridgehead atoms. The van der Waals surface area contributed by atoms with Crippen molar-refractivity contribution in [1.82, 2.24) is 0 Å². The highest BCUT2D eigenvalue weighted by molar-refractivity contribution is 5.30. The molecule has 78 valence electrons. The molecule has 0 radical (unpaired) electrons. The summed E-state index contributed by atoms with van der Waals surface area (Å²) >= 11 is 0. The summed E-state index contributed by atoms with van der Waals surface area (Å²) in [6.07, 6.45) is 1.60. The first-order valence-corrected chi connectivity index (χ1v) is 4.36. The van der Waals surface area contributed by atoms with E-state index >= 15 is 0 Å². The molecule has 0 saturated carbocycles. The van der Waals surface area contributed by atoms with Crippen LogP contribution in [0, 0.1) is 5.82 Å². The maximum absolute atomic E-state index is 12.9. The Bertz CT molecular complexity index is 299. The van der Waals surface area contributed by atoms with E-state index in [0.29, 0.717) is 0 Å². The number of aryl methyl sites for hydroxylation is 1. The van der Waals surface area contributed by atoms with Crippen LogP contribution < -0.4 is 4.74 Å². The summed E-state index contributed by atoms with van der Waals surface area (Å²) in [7, 11) is 0. The molecule has 0 aliphatic carbocycles. The van der Waals surface area contributed by atoms with E-state index in [-0.39, 0.29) is 5.75 Å². The number of alkyl halides is 2. The molecule has 0 spiro atoms. The van der Waals surface area contributed by atoms with Crippen LogP contribution in [-0.2, 0) is 6.42 Å². The summed E-state index contributed by atoms with van der Waals surface area (Å²) in [5.41, 5.74) is 0.796. The molecular formula is C10H11F3O. The van der Waals surface area contributed by atoms with E-state index in [2.05, 4.69) is 4.74 Å². The zero-order valence-corrected chi connectivity index (χ0v) is 7.77. The maximum atomic E-state index is 12.9. The van der Waals surface area contributed by atoms with Gasteiger partial charge in [-0.1, -0.05) is 19.4 Å². The molecule has 0 N–H and O–H groups in total. The standard InChI is InChI=1S/C10H11F3O/c1-2-3-7-4-5-8(11)9(6-7)14-10(12)13/h4-6,10H,2-3H2,1H3. The summed E-state index contributed by atoms with van der Waals surface area (Å²) in [6.45, 7) is -1.03. The Balaban J connectivity index is 2.84. The lowest BCUT2D eigenvalue weighted by molar-refractivity contribution is -0.0522. The predicted octanol–water partition coefficient (Wildman–Crippen LogP) is 3.38. The van der Waals surface area contributed by atoms with E-state index in [0.717, 1.165) is 24.5 Å². The van der Waals surface area contributed by atoms with Crippen molar-refractivity contribution in [2.45, 2.75) is 26.4 Å². The molecule has 14 heavy (non-hydrogen) atoms. The molecule has 0 atom stereocenters. The van der Waals surface area contributed by atoms with Crippen LogP contribution in [0.1, 0.15) is 18.9 Å². The van der Waals surface area contributed by atoms with Gasteiger partial charge in [-0.25, -0.2) is 4.39 Å². The lowest BCUT2D eigenvalue weighted by Gasteiger charge is -2.07. The van der Waals surface area contributed by atoms with Crippen molar-refractivity contribution in [3.63, 3.8) is 0 Å². The average molecular weight is 204 g/mol. The molecule has 1 aromatic rings. The van der Waals surface area contributed by atoms with E-state index in [9.17, 15) is 13.2 Å². The number of rotatable bonds is 4. The van der Waals surface area contributed by atoms with Crippen molar-refractivity contribution < 1.29 is 17.9 Å². The largest absolute Gasteiger partial charge is 0.432 e. The van der Waals surface area contributed by atoms with Crippen LogP contribution in [0.5, 0.6) is 5.75 Å². The number of hydrogen-bond donors (Lipinski definition) is 0. The molecule has 0 aliphatic heterocycles. The monoisotopic (exact) mass is 204 g/mol. The molecule has 0 heterocycles. The fraction of sp³-hybridized carbons (Fsp3) is 0.400. The van der Waals surface area contributed by atoms with Crippen LogP contribution in [0.25, 0.3) is 0 Å². The molecule has 1 nitrogen and oxygen atoms in total. The SMILES string of the molecule is CCCc1ccc(F)c(OC(F)F)c1. The van der Waals surface area contributed by atoms with Crippen molar-refractivity contribution in [1.29, 1.82) is 0 Å². The molecule has 0 fully saturated rings. The van der Waals surface area contributed by atoms with Gasteiger partial charge in [0, 0.05) is 0 Å². The van der Waals surface area contributed by atoms with Crippen LogP contribution in [0.3, 0.4) is 0 Å². The first-order chi connectivity index (χ1) is 6.63. The minimum atomic E-state index is -2.98. The Kier molecular flexibility index (Phi) is 3.80. The Morgan fingerprint density at radius 2 is 2.07 bits per heavy atom. The molecule has 4 heteroatoms. The smallest absolute Gasteiger partial charge is 0.387 e. The molecule has 1 aromatic carbocycles. The van der Waals surface area contributed by atoms with Gasteiger partial charge in [0.15, 0.2) is 11.6 Å². The Labute approximate surface area is 80.5 Å². The van der Waals surface area contributed by atoms with Gasteiger partial charge in [-0.05, 0) is 24.1 Å². The van der Waals surface area contributed by atoms with Crippen molar-refractivity contribution in [2.24, 2.45) is 0 Å². The van der Waals surface area contributed by atoms with Crippen molar-refractivity contribution >= 4 is 0 Å². The van der Waals surface area contributed by atoms with E-state index in [1.165, 1.54) is 6.07 Å². The Hall–Kier alpha value is -1.19. The summed E-state index contributed by atoms with van der Waals surface area (Å²) in [5, 5.41) is 0. The van der Waals surface area contributed by atoms with E-state index < -0.39 is 12.4 Å². The maximum Gasteiger partial charge on any atom is 0.387 e. The fourth-order valence-corrected chi connectivity index (χ4v) is 1.18. The summed E-state index contributed by atoms with van der Waals surface area (Å²) in [4.78, 5) is 0. The number of benzene rings is 1. The third kappa shape index (κ3) is 2.94. The summed E-state index contributed by atoms with van der Waals surface area (Å²) in [5.74, 6) is -1.14. The first-order valence-electron chi connectivity index (χ1n) is 4.36. The van der Waals surface area contributed by atoms with Crippen molar-refractivity contribution in [2.75, 3.05) is 0 Å². The summed E-state index contributed by atoms with van der Waals surface area (Å²) < 4.78 is 40.6. The zero-order valence-electron chi connectivity index (χ0n) is 7.77. The molecular weight excluding hydrogens is 193 g/mol. The van der Waals surface area contributed by atoms with E-state index in [1.54, 1.807) is 6.07 Å². The number of hydrogen-bond acceptors (Lipinski definition) is 1. The lowest BCUT2D eigenvalue weighted by atomic mass is 10.1. The molecule has 0 saturated heterocycles. The minimum absolute atomic E-state index is 0.383. The van der Waals surface area contributed by atoms with Gasteiger partial charge in [0.2, 0.25) is 0 Å². The van der Waals surface area contributed by atoms with Gasteiger partial charge < -0.3 is 4.74 Å². The van der Waals surface area contributed by atoms with Crippen LogP contribution in [0.15, 0.2) is 18.2 Å². The Morgan fingerprint density at radius 3 is 2.64 bits per heavy atom. The zero-order chi connectivity index (χ0) is 10.6. The molecule has 0 unspecified atom stereocenters. The van der Waals surface area contributed by atoms with E-state index in [1.807, 2.05) is 6.92 Å². The second-order valence-electron chi connectivity index (χ2n) is 2.89. The normalized spacial score (nSPS) is 10.6. The second kappa shape index (κ2) is 4.88. The lowest BCUT2D eigenvalue weighted by Crippen LogP contribution is -2.04. The minimum Gasteiger partial charge on any atom is -0.432 e. The first kappa shape index (κ1) is 10.9. The quantitative estimate of drug-likeness (QED) is 0.730. The van der Waals surface area contributed by atoms with Crippen LogP contribution in [0.4, 0.5) is 13.2 Å². The Morgan fingerprint density at radius 1 is 1.36 bits per heavy atom. The highest BCUT2D eigenvalue weighted by Crippen LogP contribution is 2.21. The molecule has 0 aromatic heterocycles. The predicted molar refractivity (Wildman–Crippen MR) is 47.0 cm³/mol. The van der Waals surface area contributed by atoms with Gasteiger partial charge in [0.1, 0.15) is 0 Å². The van der Waals surface area contributed by atoms with Gasteiger partial charge in [0.05, 0.1) is 0 Å². The van der Waals surface area contributed by atoms with E-state index in [4.69, 9.17) is 0 Å². The fourth-order valence-electron chi connectivity index (χ4n) is 1.18. The molecule has 1 rings (SSSR count). The third-order valence-electron chi connectivity index (χ3n) is 1.75. The second-order valence-corrected chi connectivity index (χ2v) is 2.89. The highest BCUT2D eigenvalue weighted by Gasteiger charge is 2.09. The van der Waals surface area contributed by atoms with Gasteiger partial charge in [-0.2, -0.15) is 8.78 Å². The van der Waals surface area contributed by atoms with Gasteiger partial charge in [0.25, 0.3) is 0 Å². The topological polar surface area (TPSA) is 9.23 Å². The van der Waals surface area contributed by atoms with Gasteiger partial charge in [-0.15, -0.1) is 0 Å². The number of halogens is 3. The van der Waals surface area contributed by atoms with Crippen LogP contribution >= 0.6 is 0 Å². The molecule has 0 aliphatic rings. The van der Waals surface area contributed by atoms with Crippen LogP contribution in [0.2, 0.25) is 0 Å². The third-order valence-corrected chi connectivity index (χ3v) is 1.75. The highest BCUT2D eigenvalue weighted by atomic mass is 19.3. The van der Waals surface area contributed by atoms with Crippen LogP contribution in [-0.4, -0.2) is 6.61 Å².